The number of carboxylic acids is 1. The first-order valence-electron chi connectivity index (χ1n) is 8.89. The van der Waals surface area contributed by atoms with Crippen LogP contribution in [0.4, 0.5) is 0 Å². The number of rotatable bonds is 6. The van der Waals surface area contributed by atoms with Gasteiger partial charge in [-0.25, -0.2) is 0 Å². The third kappa shape index (κ3) is 4.65. The van der Waals surface area contributed by atoms with Crippen molar-refractivity contribution in [2.24, 2.45) is 0 Å². The number of ether oxygens (including phenoxy) is 2. The molecule has 27 heavy (non-hydrogen) atoms. The van der Waals surface area contributed by atoms with Gasteiger partial charge in [0.2, 0.25) is 5.91 Å². The Balaban J connectivity index is 1.68. The van der Waals surface area contributed by atoms with Crippen LogP contribution in [-0.2, 0) is 14.3 Å². The van der Waals surface area contributed by atoms with Crippen LogP contribution in [0.15, 0.2) is 42.5 Å². The maximum atomic E-state index is 11.9. The molecular formula is C21H23NO5. The predicted molar refractivity (Wildman–Crippen MR) is 100.0 cm³/mol. The maximum Gasteiger partial charge on any atom is 0.305 e. The molecule has 2 aromatic carbocycles. The van der Waals surface area contributed by atoms with Crippen molar-refractivity contribution >= 4 is 11.9 Å². The van der Waals surface area contributed by atoms with Crippen LogP contribution in [-0.4, -0.2) is 41.6 Å². The van der Waals surface area contributed by atoms with Gasteiger partial charge >= 0.3 is 5.97 Å². The molecule has 0 aromatic heterocycles. The smallest absolute Gasteiger partial charge is 0.305 e. The van der Waals surface area contributed by atoms with Crippen molar-refractivity contribution in [2.75, 3.05) is 19.7 Å². The summed E-state index contributed by atoms with van der Waals surface area (Å²) in [6.45, 7) is 4.53. The average Bonchev–Trinajstić information content (AvgIpc) is 2.65. The van der Waals surface area contributed by atoms with Crippen molar-refractivity contribution in [1.29, 1.82) is 0 Å². The summed E-state index contributed by atoms with van der Waals surface area (Å²) >= 11 is 0. The van der Waals surface area contributed by atoms with Gasteiger partial charge in [-0.1, -0.05) is 30.3 Å². The van der Waals surface area contributed by atoms with E-state index in [0.29, 0.717) is 6.54 Å². The highest BCUT2D eigenvalue weighted by Crippen LogP contribution is 2.30. The first-order chi connectivity index (χ1) is 12.9. The molecule has 1 heterocycles. The molecule has 1 aliphatic heterocycles. The molecular weight excluding hydrogens is 346 g/mol. The van der Waals surface area contributed by atoms with E-state index in [1.54, 1.807) is 4.90 Å². The third-order valence-corrected chi connectivity index (χ3v) is 4.62. The van der Waals surface area contributed by atoms with E-state index in [-0.39, 0.29) is 31.6 Å². The van der Waals surface area contributed by atoms with Crippen LogP contribution < -0.4 is 4.74 Å². The maximum absolute atomic E-state index is 11.9. The van der Waals surface area contributed by atoms with E-state index in [1.165, 1.54) is 0 Å². The lowest BCUT2D eigenvalue weighted by Gasteiger charge is -2.32. The zero-order valence-corrected chi connectivity index (χ0v) is 15.5. The van der Waals surface area contributed by atoms with E-state index in [1.807, 2.05) is 56.3 Å². The van der Waals surface area contributed by atoms with Gasteiger partial charge in [0.25, 0.3) is 0 Å². The highest BCUT2D eigenvalue weighted by Gasteiger charge is 2.27. The first kappa shape index (κ1) is 18.9. The minimum atomic E-state index is -0.918. The van der Waals surface area contributed by atoms with Gasteiger partial charge in [0.05, 0.1) is 13.0 Å². The number of morpholine rings is 1. The van der Waals surface area contributed by atoms with Gasteiger partial charge in [0.1, 0.15) is 24.2 Å². The highest BCUT2D eigenvalue weighted by atomic mass is 16.5. The third-order valence-electron chi connectivity index (χ3n) is 4.62. The highest BCUT2D eigenvalue weighted by molar-refractivity contribution is 5.79. The summed E-state index contributed by atoms with van der Waals surface area (Å²) in [5.41, 5.74) is 3.07. The number of amides is 1. The molecule has 1 saturated heterocycles. The van der Waals surface area contributed by atoms with Crippen LogP contribution in [0.2, 0.25) is 0 Å². The Labute approximate surface area is 158 Å². The molecule has 1 amide bonds. The number of aliphatic carboxylic acids is 1. The lowest BCUT2D eigenvalue weighted by molar-refractivity contribution is -0.150. The number of carbonyl (C=O) groups is 2. The topological polar surface area (TPSA) is 76.1 Å². The number of nitrogens with zero attached hydrogens (tertiary/aromatic N) is 1. The van der Waals surface area contributed by atoms with E-state index in [2.05, 4.69) is 0 Å². The largest absolute Gasteiger partial charge is 0.481 e. The summed E-state index contributed by atoms with van der Waals surface area (Å²) in [4.78, 5) is 24.2. The molecule has 0 spiro atoms. The van der Waals surface area contributed by atoms with Gasteiger partial charge < -0.3 is 19.5 Å². The number of carbonyl (C=O) groups excluding carboxylic acids is 1. The van der Waals surface area contributed by atoms with E-state index in [9.17, 15) is 9.59 Å². The van der Waals surface area contributed by atoms with Crippen LogP contribution in [0.5, 0.6) is 11.5 Å². The lowest BCUT2D eigenvalue weighted by atomic mass is 10.1. The number of aryl methyl sites for hydroxylation is 2. The SMILES string of the molecule is Cc1cccc(C)c1Oc1ccc(C2CN(CCC(=O)O)C(=O)CO2)cc1. The van der Waals surface area contributed by atoms with E-state index >= 15 is 0 Å². The van der Waals surface area contributed by atoms with Crippen molar-refractivity contribution in [3.63, 3.8) is 0 Å². The Hall–Kier alpha value is -2.86. The summed E-state index contributed by atoms with van der Waals surface area (Å²) in [6.07, 6.45) is -0.341. The molecule has 0 radical (unpaired) electrons. The van der Waals surface area contributed by atoms with Crippen LogP contribution in [0.25, 0.3) is 0 Å². The van der Waals surface area contributed by atoms with Gasteiger partial charge in [-0.15, -0.1) is 0 Å². The van der Waals surface area contributed by atoms with Crippen LogP contribution in [0.1, 0.15) is 29.2 Å². The van der Waals surface area contributed by atoms with Crippen molar-refractivity contribution in [3.05, 3.63) is 59.2 Å². The Kier molecular flexibility index (Phi) is 5.76. The summed E-state index contributed by atoms with van der Waals surface area (Å²) in [5.74, 6) is 0.483. The van der Waals surface area contributed by atoms with Crippen LogP contribution >= 0.6 is 0 Å². The molecule has 142 valence electrons. The molecule has 6 nitrogen and oxygen atoms in total. The molecule has 1 fully saturated rings. The second-order valence-electron chi connectivity index (χ2n) is 6.68. The molecule has 3 rings (SSSR count). The summed E-state index contributed by atoms with van der Waals surface area (Å²) < 4.78 is 11.6. The fraction of sp³-hybridized carbons (Fsp3) is 0.333. The normalized spacial score (nSPS) is 17.0. The Morgan fingerprint density at radius 3 is 2.48 bits per heavy atom. The second kappa shape index (κ2) is 8.22. The molecule has 1 N–H and O–H groups in total. The standard InChI is InChI=1S/C21H23NO5/c1-14-4-3-5-15(2)21(14)27-17-8-6-16(7-9-17)18-12-22(11-10-20(24)25)19(23)13-26-18/h3-9,18H,10-13H2,1-2H3,(H,24,25). The molecule has 1 aliphatic rings. The number of hydrogen-bond donors (Lipinski definition) is 1. The second-order valence-corrected chi connectivity index (χ2v) is 6.68. The van der Waals surface area contributed by atoms with Crippen LogP contribution in [0, 0.1) is 13.8 Å². The van der Waals surface area contributed by atoms with Gasteiger partial charge in [0, 0.05) is 6.54 Å². The minimum Gasteiger partial charge on any atom is -0.481 e. The Bertz CT molecular complexity index is 811. The molecule has 0 bridgehead atoms. The molecule has 2 aromatic rings. The molecule has 0 saturated carbocycles. The average molecular weight is 369 g/mol. The number of carboxylic acid groups (broad SMARTS) is 1. The van der Waals surface area contributed by atoms with Crippen LogP contribution in [0.3, 0.4) is 0 Å². The number of hydrogen-bond acceptors (Lipinski definition) is 4. The molecule has 1 atom stereocenters. The molecule has 0 aliphatic carbocycles. The predicted octanol–water partition coefficient (Wildman–Crippen LogP) is 3.47. The zero-order valence-electron chi connectivity index (χ0n) is 15.5. The molecule has 6 heteroatoms. The minimum absolute atomic E-state index is 0.0368. The first-order valence-corrected chi connectivity index (χ1v) is 8.89. The quantitative estimate of drug-likeness (QED) is 0.844. The molecule has 1 unspecified atom stereocenters. The zero-order chi connectivity index (χ0) is 19.4. The summed E-state index contributed by atoms with van der Waals surface area (Å²) in [7, 11) is 0. The lowest BCUT2D eigenvalue weighted by Crippen LogP contribution is -2.44. The van der Waals surface area contributed by atoms with Gasteiger partial charge in [-0.05, 0) is 42.7 Å². The fourth-order valence-electron chi connectivity index (χ4n) is 3.09. The van der Waals surface area contributed by atoms with Crippen molar-refractivity contribution in [3.8, 4) is 11.5 Å². The van der Waals surface area contributed by atoms with Crippen molar-refractivity contribution in [1.82, 2.24) is 4.90 Å². The number of para-hydroxylation sites is 1. The van der Waals surface area contributed by atoms with E-state index < -0.39 is 5.97 Å². The van der Waals surface area contributed by atoms with Gasteiger partial charge in [-0.2, -0.15) is 0 Å². The van der Waals surface area contributed by atoms with Crippen molar-refractivity contribution in [2.45, 2.75) is 26.4 Å². The summed E-state index contributed by atoms with van der Waals surface area (Å²) in [6, 6.07) is 13.6. The fourth-order valence-corrected chi connectivity index (χ4v) is 3.09. The van der Waals surface area contributed by atoms with Crippen molar-refractivity contribution < 1.29 is 24.2 Å². The number of benzene rings is 2. The Morgan fingerprint density at radius 2 is 1.85 bits per heavy atom. The van der Waals surface area contributed by atoms with E-state index in [0.717, 1.165) is 28.2 Å². The summed E-state index contributed by atoms with van der Waals surface area (Å²) in [5, 5.41) is 8.82. The van der Waals surface area contributed by atoms with Gasteiger partial charge in [0.15, 0.2) is 0 Å². The van der Waals surface area contributed by atoms with E-state index in [4.69, 9.17) is 14.6 Å². The van der Waals surface area contributed by atoms with Gasteiger partial charge in [-0.3, -0.25) is 9.59 Å². The monoisotopic (exact) mass is 369 g/mol. The Morgan fingerprint density at radius 1 is 1.19 bits per heavy atom.